The third kappa shape index (κ3) is 3.01. The molecule has 0 radical (unpaired) electrons. The molecule has 0 unspecified atom stereocenters. The smallest absolute Gasteiger partial charge is 0.115 e. The van der Waals surface area contributed by atoms with Gasteiger partial charge in [0, 0.05) is 24.5 Å². The summed E-state index contributed by atoms with van der Waals surface area (Å²) >= 11 is 0. The van der Waals surface area contributed by atoms with Crippen LogP contribution in [0.25, 0.3) is 0 Å². The van der Waals surface area contributed by atoms with Crippen LogP contribution in [0.1, 0.15) is 69.9 Å². The summed E-state index contributed by atoms with van der Waals surface area (Å²) in [6, 6.07) is 5.86. The van der Waals surface area contributed by atoms with Crippen molar-refractivity contribution in [2.75, 3.05) is 6.61 Å². The number of ether oxygens (including phenoxy) is 1. The molecule has 0 amide bonds. The van der Waals surface area contributed by atoms with Crippen molar-refractivity contribution in [2.24, 2.45) is 41.2 Å². The lowest BCUT2D eigenvalue weighted by Gasteiger charge is -2.73. The first-order valence-electron chi connectivity index (χ1n) is 13.2. The summed E-state index contributed by atoms with van der Waals surface area (Å²) in [6.07, 6.45) is 9.58. The molecule has 5 fully saturated rings. The Balaban J connectivity index is 1.56. The Morgan fingerprint density at radius 3 is 2.82 bits per heavy atom. The molecule has 0 aromatic heterocycles. The minimum atomic E-state index is -0.537. The molecule has 2 aliphatic heterocycles. The molecule has 6 aliphatic rings. The second-order valence-electron chi connectivity index (χ2n) is 12.3. The van der Waals surface area contributed by atoms with E-state index in [0.717, 1.165) is 18.4 Å². The van der Waals surface area contributed by atoms with Gasteiger partial charge in [0.1, 0.15) is 5.75 Å². The summed E-state index contributed by atoms with van der Waals surface area (Å²) in [7, 11) is 0. The maximum Gasteiger partial charge on any atom is 0.115 e. The SMILES string of the molecule is CC1(C)O[C@]23[C@H]4CC[C@@H]5[C@H](CCC[C@H]52)Cc2ccc(O)cc2CC#C[C@H]3[C@@](N)(CCO)[C@H]1C4. The van der Waals surface area contributed by atoms with Crippen LogP contribution in [0.5, 0.6) is 5.75 Å². The molecule has 2 heterocycles. The van der Waals surface area contributed by atoms with Gasteiger partial charge in [0.25, 0.3) is 0 Å². The molecule has 1 aromatic carbocycles. The molecule has 8 atom stereocenters. The minimum Gasteiger partial charge on any atom is -0.508 e. The number of benzene rings is 1. The largest absolute Gasteiger partial charge is 0.508 e. The van der Waals surface area contributed by atoms with Crippen LogP contribution in [0.15, 0.2) is 18.2 Å². The van der Waals surface area contributed by atoms with Gasteiger partial charge >= 0.3 is 0 Å². The summed E-state index contributed by atoms with van der Waals surface area (Å²) < 4.78 is 7.29. The highest BCUT2D eigenvalue weighted by Crippen LogP contribution is 2.68. The highest BCUT2D eigenvalue weighted by atomic mass is 16.5. The molecule has 4 nitrogen and oxygen atoms in total. The quantitative estimate of drug-likeness (QED) is 0.592. The van der Waals surface area contributed by atoms with Gasteiger partial charge < -0.3 is 20.7 Å². The number of hydrogen-bond acceptors (Lipinski definition) is 4. The van der Waals surface area contributed by atoms with E-state index in [1.54, 1.807) is 0 Å². The normalized spacial score (nSPS) is 44.7. The standard InChI is InChI=1S/C29H39NO3/c1-27(2)26-17-21-10-12-23-20-6-3-7-24(23)29(21,33-27)25(28(26,30)13-14-31)8-4-5-18-16-22(32)11-9-19(18)15-20/h9,11,16,20-21,23-26,31-32H,3,5-7,10,12-15,17,30H2,1-2H3/t20-,21+,23-,24-,25+,26+,28+,29-/m1/s1. The van der Waals surface area contributed by atoms with E-state index in [-0.39, 0.29) is 29.6 Å². The van der Waals surface area contributed by atoms with Crippen LogP contribution in [0, 0.1) is 47.3 Å². The highest BCUT2D eigenvalue weighted by molar-refractivity contribution is 5.39. The first kappa shape index (κ1) is 22.0. The van der Waals surface area contributed by atoms with E-state index in [4.69, 9.17) is 10.5 Å². The number of hydrogen-bond donors (Lipinski definition) is 3. The molecule has 1 spiro atoms. The molecule has 2 saturated heterocycles. The molecular weight excluding hydrogens is 410 g/mol. The van der Waals surface area contributed by atoms with E-state index in [0.29, 0.717) is 42.3 Å². The Hall–Kier alpha value is -1.54. The van der Waals surface area contributed by atoms with E-state index in [1.165, 1.54) is 37.7 Å². The van der Waals surface area contributed by atoms with Crippen molar-refractivity contribution < 1.29 is 14.9 Å². The second kappa shape index (κ2) is 7.48. The van der Waals surface area contributed by atoms with Crippen molar-refractivity contribution in [2.45, 2.75) is 88.4 Å². The van der Waals surface area contributed by atoms with Gasteiger partial charge in [-0.25, -0.2) is 0 Å². The fraction of sp³-hybridized carbons (Fsp3) is 0.724. The number of nitrogens with two attached hydrogens (primary N) is 1. The fourth-order valence-electron chi connectivity index (χ4n) is 9.35. The average molecular weight is 450 g/mol. The van der Waals surface area contributed by atoms with E-state index in [1.807, 2.05) is 12.1 Å². The fourth-order valence-corrected chi connectivity index (χ4v) is 9.35. The van der Waals surface area contributed by atoms with Crippen molar-refractivity contribution in [1.29, 1.82) is 0 Å². The number of aromatic hydroxyl groups is 1. The summed E-state index contributed by atoms with van der Waals surface area (Å²) in [6.45, 7) is 4.56. The molecule has 5 bridgehead atoms. The van der Waals surface area contributed by atoms with Crippen LogP contribution >= 0.6 is 0 Å². The van der Waals surface area contributed by atoms with Crippen LogP contribution < -0.4 is 5.73 Å². The van der Waals surface area contributed by atoms with Gasteiger partial charge in [-0.2, -0.15) is 0 Å². The number of phenolic OH excluding ortho intramolecular Hbond substituents is 1. The van der Waals surface area contributed by atoms with E-state index < -0.39 is 5.54 Å². The summed E-state index contributed by atoms with van der Waals surface area (Å²) in [4.78, 5) is 0. The Morgan fingerprint density at radius 2 is 2.00 bits per heavy atom. The third-order valence-corrected chi connectivity index (χ3v) is 10.5. The Morgan fingerprint density at radius 1 is 1.15 bits per heavy atom. The van der Waals surface area contributed by atoms with Gasteiger partial charge in [-0.3, -0.25) is 0 Å². The molecule has 7 rings (SSSR count). The topological polar surface area (TPSA) is 75.7 Å². The predicted molar refractivity (Wildman–Crippen MR) is 128 cm³/mol. The minimum absolute atomic E-state index is 0.0562. The van der Waals surface area contributed by atoms with Crippen molar-refractivity contribution in [3.8, 4) is 17.6 Å². The van der Waals surface area contributed by atoms with E-state index in [2.05, 4.69) is 31.8 Å². The first-order valence-corrected chi connectivity index (χ1v) is 13.2. The Kier molecular flexibility index (Phi) is 4.98. The van der Waals surface area contributed by atoms with E-state index in [9.17, 15) is 10.2 Å². The van der Waals surface area contributed by atoms with Crippen molar-refractivity contribution in [3.05, 3.63) is 29.3 Å². The molecule has 33 heavy (non-hydrogen) atoms. The van der Waals surface area contributed by atoms with Crippen molar-refractivity contribution >= 4 is 0 Å². The Labute approximate surface area is 198 Å². The van der Waals surface area contributed by atoms with Gasteiger partial charge in [0.05, 0.1) is 17.1 Å². The zero-order valence-electron chi connectivity index (χ0n) is 20.1. The average Bonchev–Trinajstić information content (AvgIpc) is 2.77. The van der Waals surface area contributed by atoms with Gasteiger partial charge in [-0.15, -0.1) is 0 Å². The Bertz CT molecular complexity index is 1010. The van der Waals surface area contributed by atoms with Gasteiger partial charge in [0.15, 0.2) is 0 Å². The molecule has 1 aromatic rings. The number of fused-ring (bicyclic) bond motifs is 2. The highest BCUT2D eigenvalue weighted by Gasteiger charge is 2.73. The van der Waals surface area contributed by atoms with Gasteiger partial charge in [-0.1, -0.05) is 24.3 Å². The maximum atomic E-state index is 10.2. The summed E-state index contributed by atoms with van der Waals surface area (Å²) in [5.41, 5.74) is 8.72. The van der Waals surface area contributed by atoms with Crippen LogP contribution in [0.2, 0.25) is 0 Å². The first-order chi connectivity index (χ1) is 15.8. The van der Waals surface area contributed by atoms with Crippen LogP contribution in [-0.2, 0) is 17.6 Å². The second-order valence-corrected chi connectivity index (χ2v) is 12.3. The lowest BCUT2D eigenvalue weighted by molar-refractivity contribution is -0.346. The predicted octanol–water partition coefficient (Wildman–Crippen LogP) is 4.20. The molecule has 4 aliphatic carbocycles. The monoisotopic (exact) mass is 449 g/mol. The molecule has 4 N–H and O–H groups in total. The lowest BCUT2D eigenvalue weighted by atomic mass is 9.41. The third-order valence-electron chi connectivity index (χ3n) is 10.5. The summed E-state index contributed by atoms with van der Waals surface area (Å²) in [5, 5.41) is 20.3. The molecule has 4 heteroatoms. The van der Waals surface area contributed by atoms with Crippen molar-refractivity contribution in [3.63, 3.8) is 0 Å². The van der Waals surface area contributed by atoms with Crippen molar-refractivity contribution in [1.82, 2.24) is 0 Å². The number of rotatable bonds is 2. The molecule has 3 saturated carbocycles. The van der Waals surface area contributed by atoms with Crippen LogP contribution in [0.4, 0.5) is 0 Å². The zero-order chi connectivity index (χ0) is 23.0. The summed E-state index contributed by atoms with van der Waals surface area (Å²) in [5.74, 6) is 9.95. The van der Waals surface area contributed by atoms with Gasteiger partial charge in [-0.05, 0) is 106 Å². The molecule has 178 valence electrons. The van der Waals surface area contributed by atoms with Crippen LogP contribution in [0.3, 0.4) is 0 Å². The number of phenols is 1. The van der Waals surface area contributed by atoms with Crippen LogP contribution in [-0.4, -0.2) is 33.6 Å². The molecular formula is C29H39NO3. The number of aliphatic hydroxyl groups is 1. The number of aliphatic hydroxyl groups excluding tert-OH is 1. The maximum absolute atomic E-state index is 10.2. The zero-order valence-corrected chi connectivity index (χ0v) is 20.1. The lowest BCUT2D eigenvalue weighted by Crippen LogP contribution is -2.81. The van der Waals surface area contributed by atoms with E-state index >= 15 is 0 Å². The van der Waals surface area contributed by atoms with Gasteiger partial charge in [0.2, 0.25) is 0 Å².